The van der Waals surface area contributed by atoms with Gasteiger partial charge in [-0.05, 0) is 30.5 Å². The lowest BCUT2D eigenvalue weighted by Gasteiger charge is -2.38. The lowest BCUT2D eigenvalue weighted by molar-refractivity contribution is -0.177. The molecule has 3 heterocycles. The van der Waals surface area contributed by atoms with Crippen molar-refractivity contribution >= 4 is 24.6 Å². The average molecular weight is 577 g/mol. The summed E-state index contributed by atoms with van der Waals surface area (Å²) in [6.45, 7) is 1.46. The molecular weight excluding hydrogens is 549 g/mol. The summed E-state index contributed by atoms with van der Waals surface area (Å²) in [4.78, 5) is 65.3. The van der Waals surface area contributed by atoms with Crippen LogP contribution in [0.1, 0.15) is 23.8 Å². The minimum absolute atomic E-state index is 0.0390. The molecule has 40 heavy (non-hydrogen) atoms. The van der Waals surface area contributed by atoms with Crippen LogP contribution in [0, 0.1) is 6.92 Å². The molecule has 0 aliphatic carbocycles. The summed E-state index contributed by atoms with van der Waals surface area (Å²) in [7, 11) is -4.37. The van der Waals surface area contributed by atoms with Crippen LogP contribution in [0.2, 0.25) is 0 Å². The largest absolute Gasteiger partial charge is 0.447 e. The minimum atomic E-state index is -5.39. The van der Waals surface area contributed by atoms with Gasteiger partial charge in [-0.25, -0.2) is 9.36 Å². The van der Waals surface area contributed by atoms with Crippen molar-refractivity contribution in [1.82, 2.24) is 24.3 Å². The summed E-state index contributed by atoms with van der Waals surface area (Å²) >= 11 is 0. The van der Waals surface area contributed by atoms with Crippen LogP contribution < -0.4 is 17.0 Å². The molecule has 1 aliphatic rings. The zero-order valence-electron chi connectivity index (χ0n) is 21.4. The molecule has 1 amide bonds. The number of likely N-dealkylation sites (N-methyl/N-ethyl adjacent to an activating group) is 1. The molecule has 1 aliphatic heterocycles. The lowest BCUT2D eigenvalue weighted by Crippen LogP contribution is -2.57. The molecule has 0 saturated carbocycles. The Labute approximate surface area is 225 Å². The fraction of sp³-hybridized carbons (Fsp3) is 0.409. The van der Waals surface area contributed by atoms with Crippen LogP contribution in [0.15, 0.2) is 51.4 Å². The number of nitrogens with one attached hydrogen (secondary N) is 2. The number of benzene rings is 1. The number of aliphatic hydroxyl groups is 1. The second kappa shape index (κ2) is 11.4. The van der Waals surface area contributed by atoms with Crippen LogP contribution in [0.4, 0.5) is 0 Å². The summed E-state index contributed by atoms with van der Waals surface area (Å²) in [5.41, 5.74) is 15.3. The number of nitrogens with zero attached hydrogens (tertiary/aromatic N) is 6. The van der Waals surface area contributed by atoms with Crippen LogP contribution in [-0.2, 0) is 20.5 Å². The number of carbonyl (C=O) groups excluding carboxylic acids is 1. The van der Waals surface area contributed by atoms with Crippen LogP contribution in [0.3, 0.4) is 0 Å². The van der Waals surface area contributed by atoms with Gasteiger partial charge in [0.15, 0.2) is 6.23 Å². The number of aromatic amines is 2. The first-order valence-electron chi connectivity index (χ1n) is 12.0. The Balaban J connectivity index is 1.59. The van der Waals surface area contributed by atoms with E-state index in [-0.39, 0.29) is 23.2 Å². The number of ether oxygens (including phenoxy) is 1. The monoisotopic (exact) mass is 577 g/mol. The van der Waals surface area contributed by atoms with E-state index in [1.54, 1.807) is 18.3 Å². The van der Waals surface area contributed by atoms with E-state index in [2.05, 4.69) is 20.0 Å². The van der Waals surface area contributed by atoms with Gasteiger partial charge in [0, 0.05) is 47.2 Å². The van der Waals surface area contributed by atoms with Gasteiger partial charge in [0.2, 0.25) is 0 Å². The highest BCUT2D eigenvalue weighted by molar-refractivity contribution is 7.49. The number of fused-ring (bicyclic) bond motifs is 1. The van der Waals surface area contributed by atoms with Gasteiger partial charge in [0.1, 0.15) is 12.3 Å². The second-order valence-electron chi connectivity index (χ2n) is 9.34. The number of azide groups is 1. The maximum Gasteiger partial charge on any atom is 0.447 e. The molecule has 214 valence electrons. The lowest BCUT2D eigenvalue weighted by atomic mass is 10.1. The number of aryl methyl sites for hydroxylation is 1. The van der Waals surface area contributed by atoms with E-state index in [9.17, 15) is 33.8 Å². The van der Waals surface area contributed by atoms with Crippen LogP contribution in [0.5, 0.6) is 0 Å². The molecule has 0 radical (unpaired) electrons. The van der Waals surface area contributed by atoms with Crippen molar-refractivity contribution in [2.75, 3.05) is 7.05 Å². The molecule has 1 fully saturated rings. The number of hydrogen-bond donors (Lipinski definition) is 6. The second-order valence-corrected chi connectivity index (χ2v) is 10.7. The van der Waals surface area contributed by atoms with Crippen molar-refractivity contribution in [1.29, 1.82) is 0 Å². The van der Waals surface area contributed by atoms with E-state index in [4.69, 9.17) is 16.0 Å². The molecule has 3 aromatic rings. The Bertz CT molecular complexity index is 1620. The van der Waals surface area contributed by atoms with Crippen molar-refractivity contribution in [3.63, 3.8) is 0 Å². The normalized spacial score (nSPS) is 20.8. The molecule has 4 rings (SSSR count). The molecule has 2 aromatic heterocycles. The molecule has 17 nitrogen and oxygen atoms in total. The third kappa shape index (κ3) is 5.72. The fourth-order valence-electron chi connectivity index (χ4n) is 4.66. The van der Waals surface area contributed by atoms with Crippen molar-refractivity contribution in [3.8, 4) is 0 Å². The number of nitrogens with two attached hydrogens (primary N) is 1. The van der Waals surface area contributed by atoms with Gasteiger partial charge in [-0.1, -0.05) is 23.3 Å². The van der Waals surface area contributed by atoms with E-state index in [0.29, 0.717) is 10.6 Å². The molecule has 0 bridgehead atoms. The predicted octanol–water partition coefficient (Wildman–Crippen LogP) is -0.0508. The topological polar surface area (TPSA) is 256 Å². The van der Waals surface area contributed by atoms with Crippen molar-refractivity contribution in [3.05, 3.63) is 79.1 Å². The number of hydrogen-bond acceptors (Lipinski definition) is 9. The molecule has 18 heteroatoms. The van der Waals surface area contributed by atoms with E-state index < -0.39 is 55.5 Å². The number of hydrazine groups is 1. The fourth-order valence-corrected chi connectivity index (χ4v) is 5.54. The Morgan fingerprint density at radius 3 is 2.75 bits per heavy atom. The summed E-state index contributed by atoms with van der Waals surface area (Å²) in [6, 6.07) is 4.67. The van der Waals surface area contributed by atoms with Gasteiger partial charge in [-0.15, -0.1) is 0 Å². The van der Waals surface area contributed by atoms with Gasteiger partial charge in [0.05, 0.1) is 12.1 Å². The smallest absolute Gasteiger partial charge is 0.374 e. The van der Waals surface area contributed by atoms with Gasteiger partial charge >= 0.3 is 13.4 Å². The number of para-hydroxylation sites is 1. The van der Waals surface area contributed by atoms with E-state index in [1.165, 1.54) is 13.1 Å². The van der Waals surface area contributed by atoms with Gasteiger partial charge < -0.3 is 30.3 Å². The molecule has 7 N–H and O–H groups in total. The zero-order chi connectivity index (χ0) is 29.4. The number of aromatic nitrogens is 3. The number of amides is 1. The van der Waals surface area contributed by atoms with Crippen LogP contribution in [0.25, 0.3) is 21.3 Å². The number of rotatable bonds is 9. The first kappa shape index (κ1) is 29.2. The quantitative estimate of drug-likeness (QED) is 0.0493. The average Bonchev–Trinajstić information content (AvgIpc) is 3.49. The third-order valence-corrected chi connectivity index (χ3v) is 7.62. The summed E-state index contributed by atoms with van der Waals surface area (Å²) in [5.74, 6) is -1.19. The molecule has 5 atom stereocenters. The molecule has 0 spiro atoms. The van der Waals surface area contributed by atoms with Gasteiger partial charge in [-0.3, -0.25) is 19.1 Å². The first-order valence-corrected chi connectivity index (χ1v) is 13.5. The Hall–Kier alpha value is -3.79. The maximum atomic E-state index is 13.3. The van der Waals surface area contributed by atoms with E-state index in [1.807, 2.05) is 12.1 Å². The number of aliphatic hydroxyl groups excluding tert-OH is 1. The van der Waals surface area contributed by atoms with E-state index >= 15 is 0 Å². The van der Waals surface area contributed by atoms with E-state index in [0.717, 1.165) is 22.5 Å². The maximum absolute atomic E-state index is 13.3. The standard InChI is InChI=1S/C22H28N9O8P/c1-11-10-30(22(35)26-19(11)32)17-8-16(27-28-24)18(39-17)21(34)29(2)31(40(36,37)38)20(33)14(23)7-12-9-25-15-6-4-3-5-13(12)15/h3-6,9-10,14,16-18,21,25,34H,7-8,23H2,1-2H3,(H,26,32,35)(H2,36,37,38)/t14-,16+,17-,18+,21?/m1/s1. The highest BCUT2D eigenvalue weighted by Gasteiger charge is 2.47. The number of H-pyrrole nitrogens is 2. The predicted molar refractivity (Wildman–Crippen MR) is 140 cm³/mol. The minimum Gasteiger partial charge on any atom is -0.374 e. The Morgan fingerprint density at radius 1 is 1.38 bits per heavy atom. The highest BCUT2D eigenvalue weighted by Crippen LogP contribution is 2.43. The van der Waals surface area contributed by atoms with Gasteiger partial charge in [-0.2, -0.15) is 9.79 Å². The molecule has 1 unspecified atom stereocenters. The number of carbonyl (C=O) groups is 1. The van der Waals surface area contributed by atoms with Crippen molar-refractivity contribution in [2.45, 2.75) is 50.4 Å². The Kier molecular flexibility index (Phi) is 8.30. The van der Waals surface area contributed by atoms with Crippen molar-refractivity contribution < 1.29 is 29.0 Å². The summed E-state index contributed by atoms with van der Waals surface area (Å²) in [5, 5.41) is 16.0. The molecule has 1 aromatic carbocycles. The van der Waals surface area contributed by atoms with Crippen molar-refractivity contribution in [2.24, 2.45) is 10.8 Å². The van der Waals surface area contributed by atoms with Gasteiger partial charge in [0.25, 0.3) is 11.5 Å². The third-order valence-electron chi connectivity index (χ3n) is 6.64. The highest BCUT2D eigenvalue weighted by atomic mass is 31.2. The Morgan fingerprint density at radius 2 is 2.08 bits per heavy atom. The summed E-state index contributed by atoms with van der Waals surface area (Å²) in [6.07, 6.45) is -1.86. The molecule has 1 saturated heterocycles. The van der Waals surface area contributed by atoms with Crippen LogP contribution in [-0.4, -0.2) is 76.6 Å². The first-order chi connectivity index (χ1) is 18.8. The SMILES string of the molecule is Cc1cn([C@H]2C[C@H](N=[N+]=[N-])[C@@H](C(O)N(C)N(C(=O)[C@H](N)Cc3c[nH]c4ccccc34)P(=O)(O)O)O2)c(=O)[nH]c1=O. The molecular formula is C22H28N9O8P. The van der Waals surface area contributed by atoms with Crippen LogP contribution >= 0.6 is 7.75 Å². The zero-order valence-corrected chi connectivity index (χ0v) is 22.3. The summed E-state index contributed by atoms with van der Waals surface area (Å²) < 4.78 is 19.3.